The Labute approximate surface area is 191 Å². The van der Waals surface area contributed by atoms with Gasteiger partial charge >= 0.3 is 0 Å². The van der Waals surface area contributed by atoms with Gasteiger partial charge in [-0.05, 0) is 73.9 Å². The number of fused-ring (bicyclic) bond motifs is 3. The average Bonchev–Trinajstić information content (AvgIpc) is 3.62. The highest BCUT2D eigenvalue weighted by atomic mass is 16.5. The van der Waals surface area contributed by atoms with Crippen molar-refractivity contribution in [1.29, 1.82) is 0 Å². The summed E-state index contributed by atoms with van der Waals surface area (Å²) in [5.74, 6) is 2.50. The molecule has 3 heterocycles. The van der Waals surface area contributed by atoms with Crippen molar-refractivity contribution in [3.8, 4) is 17.1 Å². The molecule has 2 N–H and O–H groups in total. The van der Waals surface area contributed by atoms with E-state index in [0.29, 0.717) is 24.2 Å². The molecule has 4 aromatic rings. The fourth-order valence-electron chi connectivity index (χ4n) is 4.57. The lowest BCUT2D eigenvalue weighted by atomic mass is 10.1. The van der Waals surface area contributed by atoms with Gasteiger partial charge in [-0.15, -0.1) is 5.10 Å². The lowest BCUT2D eigenvalue weighted by Gasteiger charge is -2.17. The highest BCUT2D eigenvalue weighted by Crippen LogP contribution is 2.43. The van der Waals surface area contributed by atoms with Crippen LogP contribution in [-0.4, -0.2) is 45.2 Å². The smallest absolute Gasteiger partial charge is 0.242 e. The predicted octanol–water partition coefficient (Wildman–Crippen LogP) is 3.91. The molecule has 33 heavy (non-hydrogen) atoms. The molecule has 2 aliphatic rings. The number of amides is 1. The Kier molecular flexibility index (Phi) is 4.86. The average molecular weight is 443 g/mol. The topological polar surface area (TPSA) is 93.4 Å². The molecule has 1 saturated carbocycles. The highest BCUT2D eigenvalue weighted by Gasteiger charge is 2.28. The summed E-state index contributed by atoms with van der Waals surface area (Å²) in [5.41, 5.74) is 3.82. The molecule has 168 valence electrons. The van der Waals surface area contributed by atoms with E-state index in [1.54, 1.807) is 11.6 Å². The minimum Gasteiger partial charge on any atom is -0.497 e. The third-order valence-corrected chi connectivity index (χ3v) is 6.54. The zero-order valence-corrected chi connectivity index (χ0v) is 18.5. The molecule has 2 aromatic heterocycles. The van der Waals surface area contributed by atoms with Gasteiger partial charge < -0.3 is 15.4 Å². The molecule has 2 aromatic carbocycles. The van der Waals surface area contributed by atoms with Gasteiger partial charge in [0.15, 0.2) is 11.5 Å². The Morgan fingerprint density at radius 2 is 1.91 bits per heavy atom. The number of hydrogen-bond acceptors (Lipinski definition) is 6. The number of rotatable bonds is 5. The van der Waals surface area contributed by atoms with E-state index in [4.69, 9.17) is 19.8 Å². The first-order chi connectivity index (χ1) is 16.2. The zero-order valence-electron chi connectivity index (χ0n) is 18.5. The molecule has 1 aliphatic carbocycles. The molecule has 8 heteroatoms. The van der Waals surface area contributed by atoms with Crippen molar-refractivity contribution in [3.63, 3.8) is 0 Å². The number of carbonyl (C=O) groups is 1. The normalized spacial score (nSPS) is 18.8. The number of aromatic nitrogens is 4. The van der Waals surface area contributed by atoms with E-state index in [2.05, 4.69) is 28.8 Å². The number of ether oxygens (including phenoxy) is 1. The van der Waals surface area contributed by atoms with E-state index in [1.807, 2.05) is 24.3 Å². The first kappa shape index (κ1) is 20.0. The maximum absolute atomic E-state index is 12.6. The van der Waals surface area contributed by atoms with E-state index < -0.39 is 0 Å². The van der Waals surface area contributed by atoms with Gasteiger partial charge in [-0.1, -0.05) is 12.1 Å². The third kappa shape index (κ3) is 3.65. The van der Waals surface area contributed by atoms with Crippen LogP contribution >= 0.6 is 0 Å². The van der Waals surface area contributed by atoms with Gasteiger partial charge in [-0.3, -0.25) is 4.79 Å². The zero-order chi connectivity index (χ0) is 22.4. The van der Waals surface area contributed by atoms with Crippen LogP contribution in [0.2, 0.25) is 0 Å². The van der Waals surface area contributed by atoms with E-state index in [9.17, 15) is 4.79 Å². The number of benzene rings is 2. The van der Waals surface area contributed by atoms with Gasteiger partial charge in [0.05, 0.1) is 12.6 Å². The number of nitrogens with zero attached hydrogens (tertiary/aromatic N) is 4. The van der Waals surface area contributed by atoms with Crippen LogP contribution in [0, 0.1) is 0 Å². The highest BCUT2D eigenvalue weighted by molar-refractivity contribution is 5.95. The second kappa shape index (κ2) is 8.03. The molecule has 8 nitrogen and oxygen atoms in total. The lowest BCUT2D eigenvalue weighted by Crippen LogP contribution is -2.38. The van der Waals surface area contributed by atoms with Crippen LogP contribution in [0.5, 0.6) is 5.75 Å². The lowest BCUT2D eigenvalue weighted by molar-refractivity contribution is -0.121. The van der Waals surface area contributed by atoms with Crippen LogP contribution in [0.4, 0.5) is 5.95 Å². The fraction of sp³-hybridized carbons (Fsp3) is 0.360. The van der Waals surface area contributed by atoms with Crippen LogP contribution in [0.3, 0.4) is 0 Å². The van der Waals surface area contributed by atoms with Gasteiger partial charge in [0.2, 0.25) is 11.9 Å². The Hall–Kier alpha value is -3.68. The molecule has 0 radical (unpaired) electrons. The minimum absolute atomic E-state index is 0.00789. The van der Waals surface area contributed by atoms with E-state index in [0.717, 1.165) is 47.1 Å². The predicted molar refractivity (Wildman–Crippen MR) is 127 cm³/mol. The number of methoxy groups -OCH3 is 1. The van der Waals surface area contributed by atoms with E-state index >= 15 is 0 Å². The Balaban J connectivity index is 1.52. The van der Waals surface area contributed by atoms with Crippen LogP contribution < -0.4 is 15.4 Å². The Morgan fingerprint density at radius 3 is 2.70 bits per heavy atom. The van der Waals surface area contributed by atoms with Crippen molar-refractivity contribution in [2.45, 2.75) is 44.1 Å². The third-order valence-electron chi connectivity index (χ3n) is 6.54. The number of nitrogens with one attached hydrogen (secondary N) is 2. The van der Waals surface area contributed by atoms with Gasteiger partial charge in [0, 0.05) is 17.5 Å². The number of para-hydroxylation sites is 1. The van der Waals surface area contributed by atoms with Crippen LogP contribution in [-0.2, 0) is 4.79 Å². The van der Waals surface area contributed by atoms with Gasteiger partial charge in [-0.2, -0.15) is 4.52 Å². The molecule has 1 amide bonds. The summed E-state index contributed by atoms with van der Waals surface area (Å²) in [4.78, 5) is 22.5. The fourth-order valence-corrected chi connectivity index (χ4v) is 4.57. The SMILES string of the molecule is COc1ccc(-c2nc3c4cccc(C5CC5)c4nc(N[C@@H]4CCCCNC4=O)n3n2)cc1. The maximum Gasteiger partial charge on any atom is 0.242 e. The number of anilines is 1. The minimum atomic E-state index is -0.345. The maximum atomic E-state index is 12.6. The molecule has 0 unspecified atom stereocenters. The van der Waals surface area contributed by atoms with Crippen LogP contribution in [0.25, 0.3) is 27.9 Å². The van der Waals surface area contributed by atoms with Crippen molar-refractivity contribution in [2.75, 3.05) is 19.0 Å². The first-order valence-corrected chi connectivity index (χ1v) is 11.6. The summed E-state index contributed by atoms with van der Waals surface area (Å²) in [5, 5.41) is 12.2. The van der Waals surface area contributed by atoms with Crippen molar-refractivity contribution >= 4 is 28.4 Å². The van der Waals surface area contributed by atoms with Gasteiger partial charge in [0.25, 0.3) is 0 Å². The van der Waals surface area contributed by atoms with Crippen molar-refractivity contribution in [1.82, 2.24) is 24.9 Å². The molecule has 1 saturated heterocycles. The molecule has 0 spiro atoms. The summed E-state index contributed by atoms with van der Waals surface area (Å²) in [7, 11) is 1.65. The standard InChI is InChI=1S/C25H26N6O2/c1-33-17-12-10-16(11-13-17)22-29-23-19-6-4-5-18(15-8-9-15)21(19)28-25(31(23)30-22)27-20-7-2-3-14-26-24(20)32/h4-6,10-13,15,20H,2-3,7-9,14H2,1H3,(H,26,32)(H,27,28)/t20-/m1/s1. The number of carbonyl (C=O) groups excluding carboxylic acids is 1. The second-order valence-corrected chi connectivity index (χ2v) is 8.84. The second-order valence-electron chi connectivity index (χ2n) is 8.84. The van der Waals surface area contributed by atoms with Crippen LogP contribution in [0.15, 0.2) is 42.5 Å². The van der Waals surface area contributed by atoms with Crippen molar-refractivity contribution in [3.05, 3.63) is 48.0 Å². The largest absolute Gasteiger partial charge is 0.497 e. The Morgan fingerprint density at radius 1 is 1.06 bits per heavy atom. The summed E-state index contributed by atoms with van der Waals surface area (Å²) >= 11 is 0. The van der Waals surface area contributed by atoms with Crippen LogP contribution in [0.1, 0.15) is 43.6 Å². The molecule has 0 bridgehead atoms. The molecular weight excluding hydrogens is 416 g/mol. The molecule has 6 rings (SSSR count). The van der Waals surface area contributed by atoms with Gasteiger partial charge in [-0.25, -0.2) is 9.97 Å². The monoisotopic (exact) mass is 442 g/mol. The summed E-state index contributed by atoms with van der Waals surface area (Å²) in [6, 6.07) is 13.6. The van der Waals surface area contributed by atoms with Crippen molar-refractivity contribution in [2.24, 2.45) is 0 Å². The first-order valence-electron chi connectivity index (χ1n) is 11.6. The van der Waals surface area contributed by atoms with E-state index in [1.165, 1.54) is 18.4 Å². The summed E-state index contributed by atoms with van der Waals surface area (Å²) in [6.07, 6.45) is 5.10. The molecule has 2 fully saturated rings. The summed E-state index contributed by atoms with van der Waals surface area (Å²) in [6.45, 7) is 0.717. The Bertz CT molecular complexity index is 1340. The summed E-state index contributed by atoms with van der Waals surface area (Å²) < 4.78 is 7.03. The molecule has 1 atom stereocenters. The molecule has 1 aliphatic heterocycles. The van der Waals surface area contributed by atoms with Gasteiger partial charge in [0.1, 0.15) is 11.8 Å². The number of hydrogen-bond donors (Lipinski definition) is 2. The quantitative estimate of drug-likeness (QED) is 0.487. The van der Waals surface area contributed by atoms with E-state index in [-0.39, 0.29) is 11.9 Å². The molecular formula is C25H26N6O2. The van der Waals surface area contributed by atoms with Crippen molar-refractivity contribution < 1.29 is 9.53 Å².